The third-order valence-corrected chi connectivity index (χ3v) is 4.49. The number of hydrogen-bond acceptors (Lipinski definition) is 5. The standard InChI is InChI=1S/C19H25N3O3.2ClH/c1-14-3-2-4-15(9-14)18(22-5-7-24-8-6-22)12-21-19(23)16-10-17(11-20)25-13-16;;/h2-4,9-10,13,18H,5-8,11-12,20H2,1H3,(H,21,23);2*1H. The molecule has 1 unspecified atom stereocenters. The lowest BCUT2D eigenvalue weighted by Crippen LogP contribution is -2.43. The Balaban J connectivity index is 0.00000182. The number of carbonyl (C=O) groups is 1. The highest BCUT2D eigenvalue weighted by atomic mass is 35.5. The van der Waals surface area contributed by atoms with Gasteiger partial charge in [0.2, 0.25) is 0 Å². The highest BCUT2D eigenvalue weighted by Gasteiger charge is 2.23. The maximum Gasteiger partial charge on any atom is 0.254 e. The van der Waals surface area contributed by atoms with Crippen LogP contribution in [-0.2, 0) is 11.3 Å². The molecular formula is C19H27Cl2N3O3. The second kappa shape index (κ2) is 11.3. The molecule has 0 bridgehead atoms. The molecule has 1 amide bonds. The summed E-state index contributed by atoms with van der Waals surface area (Å²) < 4.78 is 10.7. The molecule has 1 aromatic heterocycles. The molecule has 1 aliphatic rings. The lowest BCUT2D eigenvalue weighted by molar-refractivity contribution is 0.0162. The number of benzene rings is 1. The van der Waals surface area contributed by atoms with E-state index in [1.807, 2.05) is 0 Å². The first-order valence-corrected chi connectivity index (χ1v) is 8.61. The molecule has 150 valence electrons. The summed E-state index contributed by atoms with van der Waals surface area (Å²) in [5.74, 6) is 0.461. The molecule has 2 aromatic rings. The number of furan rings is 1. The summed E-state index contributed by atoms with van der Waals surface area (Å²) in [6.45, 7) is 6.06. The molecule has 0 spiro atoms. The Morgan fingerprint density at radius 2 is 2.00 bits per heavy atom. The predicted molar refractivity (Wildman–Crippen MR) is 110 cm³/mol. The maximum atomic E-state index is 12.4. The van der Waals surface area contributed by atoms with E-state index in [0.29, 0.717) is 17.9 Å². The van der Waals surface area contributed by atoms with Crippen LogP contribution in [0.15, 0.2) is 41.0 Å². The second-order valence-electron chi connectivity index (χ2n) is 6.29. The van der Waals surface area contributed by atoms with Crippen molar-refractivity contribution in [2.24, 2.45) is 5.73 Å². The first-order valence-electron chi connectivity index (χ1n) is 8.61. The van der Waals surface area contributed by atoms with Gasteiger partial charge in [-0.2, -0.15) is 0 Å². The molecule has 3 rings (SSSR count). The SMILES string of the molecule is Cc1cccc(C(CNC(=O)c2coc(CN)c2)N2CCOCC2)c1.Cl.Cl. The lowest BCUT2D eigenvalue weighted by atomic mass is 10.0. The summed E-state index contributed by atoms with van der Waals surface area (Å²) >= 11 is 0. The Morgan fingerprint density at radius 3 is 2.63 bits per heavy atom. The molecule has 3 N–H and O–H groups in total. The molecule has 6 nitrogen and oxygen atoms in total. The molecule has 1 fully saturated rings. The Morgan fingerprint density at radius 1 is 1.26 bits per heavy atom. The highest BCUT2D eigenvalue weighted by Crippen LogP contribution is 2.22. The third kappa shape index (κ3) is 6.23. The summed E-state index contributed by atoms with van der Waals surface area (Å²) in [6.07, 6.45) is 1.45. The van der Waals surface area contributed by atoms with Crippen LogP contribution in [0, 0.1) is 6.92 Å². The highest BCUT2D eigenvalue weighted by molar-refractivity contribution is 5.94. The maximum absolute atomic E-state index is 12.4. The van der Waals surface area contributed by atoms with Gasteiger partial charge in [-0.05, 0) is 18.6 Å². The van der Waals surface area contributed by atoms with Gasteiger partial charge in [-0.15, -0.1) is 24.8 Å². The van der Waals surface area contributed by atoms with Gasteiger partial charge in [-0.25, -0.2) is 0 Å². The first-order chi connectivity index (χ1) is 12.2. The summed E-state index contributed by atoms with van der Waals surface area (Å²) in [5.41, 5.74) is 8.45. The number of hydrogen-bond donors (Lipinski definition) is 2. The van der Waals surface area contributed by atoms with Crippen LogP contribution in [0.4, 0.5) is 0 Å². The zero-order valence-electron chi connectivity index (χ0n) is 15.3. The van der Waals surface area contributed by atoms with E-state index in [1.165, 1.54) is 17.4 Å². The summed E-state index contributed by atoms with van der Waals surface area (Å²) in [5, 5.41) is 3.03. The average molecular weight is 416 g/mol. The van der Waals surface area contributed by atoms with E-state index in [4.69, 9.17) is 14.9 Å². The Bertz CT molecular complexity index is 718. The molecule has 0 aliphatic carbocycles. The van der Waals surface area contributed by atoms with Crippen LogP contribution < -0.4 is 11.1 Å². The number of amides is 1. The zero-order chi connectivity index (χ0) is 17.6. The molecule has 0 radical (unpaired) electrons. The van der Waals surface area contributed by atoms with Gasteiger partial charge in [0.05, 0.1) is 31.4 Å². The molecule has 1 saturated heterocycles. The molecule has 1 aliphatic heterocycles. The van der Waals surface area contributed by atoms with Gasteiger partial charge >= 0.3 is 0 Å². The molecule has 2 heterocycles. The molecular weight excluding hydrogens is 389 g/mol. The van der Waals surface area contributed by atoms with Crippen LogP contribution in [0.5, 0.6) is 0 Å². The first kappa shape index (κ1) is 23.5. The van der Waals surface area contributed by atoms with Crippen molar-refractivity contribution in [3.63, 3.8) is 0 Å². The summed E-state index contributed by atoms with van der Waals surface area (Å²) in [6, 6.07) is 10.2. The summed E-state index contributed by atoms with van der Waals surface area (Å²) in [7, 11) is 0. The predicted octanol–water partition coefficient (Wildman–Crippen LogP) is 2.69. The van der Waals surface area contributed by atoms with Gasteiger partial charge in [-0.3, -0.25) is 9.69 Å². The molecule has 1 aromatic carbocycles. The van der Waals surface area contributed by atoms with Crippen molar-refractivity contribution in [3.05, 3.63) is 59.0 Å². The Hall–Kier alpha value is -1.57. The van der Waals surface area contributed by atoms with Crippen LogP contribution in [0.3, 0.4) is 0 Å². The van der Waals surface area contributed by atoms with Crippen molar-refractivity contribution in [1.82, 2.24) is 10.2 Å². The van der Waals surface area contributed by atoms with E-state index in [1.54, 1.807) is 6.07 Å². The number of ether oxygens (including phenoxy) is 1. The van der Waals surface area contributed by atoms with Gasteiger partial charge in [0.15, 0.2) is 0 Å². The number of nitrogens with zero attached hydrogens (tertiary/aromatic N) is 1. The van der Waals surface area contributed by atoms with E-state index in [9.17, 15) is 4.79 Å². The van der Waals surface area contributed by atoms with Crippen LogP contribution in [0.25, 0.3) is 0 Å². The van der Waals surface area contributed by atoms with E-state index in [-0.39, 0.29) is 43.3 Å². The van der Waals surface area contributed by atoms with E-state index < -0.39 is 0 Å². The number of nitrogens with one attached hydrogen (secondary N) is 1. The van der Waals surface area contributed by atoms with E-state index in [2.05, 4.69) is 41.4 Å². The van der Waals surface area contributed by atoms with E-state index >= 15 is 0 Å². The minimum Gasteiger partial charge on any atom is -0.467 e. The zero-order valence-corrected chi connectivity index (χ0v) is 17.0. The number of carbonyl (C=O) groups excluding carboxylic acids is 1. The van der Waals surface area contributed by atoms with Gasteiger partial charge < -0.3 is 20.2 Å². The van der Waals surface area contributed by atoms with Crippen molar-refractivity contribution in [3.8, 4) is 0 Å². The quantitative estimate of drug-likeness (QED) is 0.757. The Kier molecular flexibility index (Phi) is 9.83. The van der Waals surface area contributed by atoms with Crippen molar-refractivity contribution >= 4 is 30.7 Å². The summed E-state index contributed by atoms with van der Waals surface area (Å²) in [4.78, 5) is 14.8. The minimum absolute atomic E-state index is 0. The third-order valence-electron chi connectivity index (χ3n) is 4.49. The van der Waals surface area contributed by atoms with Gasteiger partial charge in [0.1, 0.15) is 12.0 Å². The minimum atomic E-state index is -0.144. The van der Waals surface area contributed by atoms with Crippen molar-refractivity contribution in [2.75, 3.05) is 32.8 Å². The normalized spacial score (nSPS) is 15.3. The van der Waals surface area contributed by atoms with Crippen LogP contribution >= 0.6 is 24.8 Å². The number of nitrogens with two attached hydrogens (primary N) is 1. The van der Waals surface area contributed by atoms with Gasteiger partial charge in [0.25, 0.3) is 5.91 Å². The monoisotopic (exact) mass is 415 g/mol. The van der Waals surface area contributed by atoms with Crippen molar-refractivity contribution < 1.29 is 13.9 Å². The fourth-order valence-electron chi connectivity index (χ4n) is 3.12. The van der Waals surface area contributed by atoms with E-state index in [0.717, 1.165) is 26.3 Å². The van der Waals surface area contributed by atoms with Crippen LogP contribution in [0.2, 0.25) is 0 Å². The molecule has 27 heavy (non-hydrogen) atoms. The largest absolute Gasteiger partial charge is 0.467 e. The number of halogens is 2. The van der Waals surface area contributed by atoms with Crippen molar-refractivity contribution in [2.45, 2.75) is 19.5 Å². The topological polar surface area (TPSA) is 80.7 Å². The van der Waals surface area contributed by atoms with Crippen LogP contribution in [0.1, 0.15) is 33.3 Å². The molecule has 8 heteroatoms. The van der Waals surface area contributed by atoms with Crippen LogP contribution in [-0.4, -0.2) is 43.7 Å². The Labute approximate surface area is 172 Å². The van der Waals surface area contributed by atoms with Crippen molar-refractivity contribution in [1.29, 1.82) is 0 Å². The molecule has 1 atom stereocenters. The fourth-order valence-corrected chi connectivity index (χ4v) is 3.12. The molecule has 0 saturated carbocycles. The smallest absolute Gasteiger partial charge is 0.254 e. The fraction of sp³-hybridized carbons (Fsp3) is 0.421. The number of aryl methyl sites for hydroxylation is 1. The number of morpholine rings is 1. The lowest BCUT2D eigenvalue weighted by Gasteiger charge is -2.35. The number of rotatable bonds is 6. The average Bonchev–Trinajstić information content (AvgIpc) is 3.12. The van der Waals surface area contributed by atoms with Gasteiger partial charge in [0, 0.05) is 19.6 Å². The second-order valence-corrected chi connectivity index (χ2v) is 6.29. The van der Waals surface area contributed by atoms with Gasteiger partial charge in [-0.1, -0.05) is 29.8 Å².